The van der Waals surface area contributed by atoms with E-state index in [9.17, 15) is 9.59 Å². The van der Waals surface area contributed by atoms with Gasteiger partial charge in [-0.05, 0) is 68.6 Å². The smallest absolute Gasteiger partial charge is 0.339 e. The zero-order valence-electron chi connectivity index (χ0n) is 16.1. The average Bonchev–Trinajstić information content (AvgIpc) is 3.17. The van der Waals surface area contributed by atoms with Crippen LogP contribution in [0.25, 0.3) is 11.0 Å². The topological polar surface area (TPSA) is 56.5 Å². The SMILES string of the molecule is CCCCC1CCC(C(=O)Oc2ccc3c4c(c(=O)oc3c2)CCC4)CC1. The van der Waals surface area contributed by atoms with Crippen molar-refractivity contribution in [2.45, 2.75) is 71.1 Å². The summed E-state index contributed by atoms with van der Waals surface area (Å²) in [7, 11) is 0. The third-order valence-corrected chi connectivity index (χ3v) is 6.31. The zero-order valence-corrected chi connectivity index (χ0v) is 16.1. The van der Waals surface area contributed by atoms with Gasteiger partial charge in [-0.2, -0.15) is 0 Å². The van der Waals surface area contributed by atoms with Crippen molar-refractivity contribution in [3.8, 4) is 5.75 Å². The standard InChI is InChI=1S/C23H28O4/c1-2-3-5-15-8-10-16(11-9-15)22(24)26-17-12-13-19-18-6-4-7-20(18)23(25)27-21(19)14-17/h12-16H,2-11H2,1H3. The summed E-state index contributed by atoms with van der Waals surface area (Å²) in [6.07, 6.45) is 10.6. The lowest BCUT2D eigenvalue weighted by molar-refractivity contribution is -0.140. The number of carbonyl (C=O) groups excluding carboxylic acids is 1. The van der Waals surface area contributed by atoms with Gasteiger partial charge in [0.25, 0.3) is 0 Å². The molecule has 0 radical (unpaired) electrons. The predicted octanol–water partition coefficient (Wildman–Crippen LogP) is 5.18. The van der Waals surface area contributed by atoms with Gasteiger partial charge in [-0.25, -0.2) is 4.79 Å². The summed E-state index contributed by atoms with van der Waals surface area (Å²) in [5.74, 6) is 1.09. The molecule has 4 rings (SSSR count). The molecule has 2 aliphatic rings. The Morgan fingerprint density at radius 2 is 1.93 bits per heavy atom. The summed E-state index contributed by atoms with van der Waals surface area (Å²) in [6, 6.07) is 5.44. The molecule has 1 heterocycles. The van der Waals surface area contributed by atoms with Gasteiger partial charge in [-0.3, -0.25) is 4.79 Å². The average molecular weight is 368 g/mol. The molecule has 0 bridgehead atoms. The molecule has 0 aliphatic heterocycles. The maximum Gasteiger partial charge on any atom is 0.339 e. The Labute approximate surface area is 159 Å². The number of aryl methyl sites for hydroxylation is 1. The third kappa shape index (κ3) is 3.80. The van der Waals surface area contributed by atoms with Crippen LogP contribution >= 0.6 is 0 Å². The molecule has 0 atom stereocenters. The van der Waals surface area contributed by atoms with E-state index in [1.54, 1.807) is 6.07 Å². The molecule has 1 aromatic carbocycles. The van der Waals surface area contributed by atoms with E-state index in [1.807, 2.05) is 12.1 Å². The molecule has 144 valence electrons. The fourth-order valence-corrected chi connectivity index (χ4v) is 4.71. The first kappa shape index (κ1) is 18.3. The van der Waals surface area contributed by atoms with Crippen LogP contribution < -0.4 is 10.4 Å². The van der Waals surface area contributed by atoms with Crippen LogP contribution in [0.5, 0.6) is 5.75 Å². The minimum Gasteiger partial charge on any atom is -0.426 e. The van der Waals surface area contributed by atoms with E-state index in [2.05, 4.69) is 6.92 Å². The molecule has 0 unspecified atom stereocenters. The number of hydrogen-bond acceptors (Lipinski definition) is 4. The number of unbranched alkanes of at least 4 members (excludes halogenated alkanes) is 1. The lowest BCUT2D eigenvalue weighted by Crippen LogP contribution is -2.25. The lowest BCUT2D eigenvalue weighted by Gasteiger charge is -2.27. The quantitative estimate of drug-likeness (QED) is 0.414. The van der Waals surface area contributed by atoms with Gasteiger partial charge in [0.2, 0.25) is 0 Å². The van der Waals surface area contributed by atoms with Crippen molar-refractivity contribution in [1.82, 2.24) is 0 Å². The van der Waals surface area contributed by atoms with Gasteiger partial charge in [0.05, 0.1) is 5.92 Å². The van der Waals surface area contributed by atoms with Crippen molar-refractivity contribution in [1.29, 1.82) is 0 Å². The molecule has 1 fully saturated rings. The van der Waals surface area contributed by atoms with E-state index in [0.717, 1.165) is 67.4 Å². The van der Waals surface area contributed by atoms with Gasteiger partial charge in [-0.1, -0.05) is 26.2 Å². The van der Waals surface area contributed by atoms with Gasteiger partial charge in [0.15, 0.2) is 0 Å². The summed E-state index contributed by atoms with van der Waals surface area (Å²) in [5, 5.41) is 0.971. The Bertz CT molecular complexity index is 887. The maximum atomic E-state index is 12.6. The van der Waals surface area contributed by atoms with Crippen molar-refractivity contribution in [3.05, 3.63) is 39.7 Å². The molecule has 0 N–H and O–H groups in total. The van der Waals surface area contributed by atoms with Crippen molar-refractivity contribution in [2.24, 2.45) is 11.8 Å². The van der Waals surface area contributed by atoms with Gasteiger partial charge in [-0.15, -0.1) is 0 Å². The van der Waals surface area contributed by atoms with E-state index in [1.165, 1.54) is 19.3 Å². The Morgan fingerprint density at radius 1 is 1.15 bits per heavy atom. The molecular formula is C23H28O4. The lowest BCUT2D eigenvalue weighted by atomic mass is 9.80. The van der Waals surface area contributed by atoms with Crippen LogP contribution in [0.15, 0.2) is 27.4 Å². The second kappa shape index (κ2) is 7.87. The molecule has 2 aliphatic carbocycles. The third-order valence-electron chi connectivity index (χ3n) is 6.31. The molecule has 0 spiro atoms. The summed E-state index contributed by atoms with van der Waals surface area (Å²) in [5.41, 5.74) is 2.19. The van der Waals surface area contributed by atoms with Gasteiger partial charge >= 0.3 is 11.6 Å². The van der Waals surface area contributed by atoms with E-state index < -0.39 is 0 Å². The van der Waals surface area contributed by atoms with Gasteiger partial charge in [0.1, 0.15) is 11.3 Å². The highest BCUT2D eigenvalue weighted by molar-refractivity contribution is 5.84. The van der Waals surface area contributed by atoms with Crippen LogP contribution in [-0.2, 0) is 17.6 Å². The summed E-state index contributed by atoms with van der Waals surface area (Å²) < 4.78 is 11.1. The van der Waals surface area contributed by atoms with Crippen molar-refractivity contribution < 1.29 is 13.9 Å². The second-order valence-corrected chi connectivity index (χ2v) is 8.14. The molecule has 27 heavy (non-hydrogen) atoms. The van der Waals surface area contributed by atoms with E-state index in [-0.39, 0.29) is 17.5 Å². The van der Waals surface area contributed by atoms with Gasteiger partial charge < -0.3 is 9.15 Å². The minimum atomic E-state index is -0.246. The Morgan fingerprint density at radius 3 is 2.70 bits per heavy atom. The van der Waals surface area contributed by atoms with Crippen LogP contribution in [0.2, 0.25) is 0 Å². The number of esters is 1. The molecular weight excluding hydrogens is 340 g/mol. The molecule has 0 saturated heterocycles. The molecule has 1 saturated carbocycles. The summed E-state index contributed by atoms with van der Waals surface area (Å²) >= 11 is 0. The van der Waals surface area contributed by atoms with E-state index in [0.29, 0.717) is 11.3 Å². The second-order valence-electron chi connectivity index (χ2n) is 8.14. The predicted molar refractivity (Wildman–Crippen MR) is 105 cm³/mol. The Balaban J connectivity index is 1.44. The largest absolute Gasteiger partial charge is 0.426 e. The van der Waals surface area contributed by atoms with Crippen LogP contribution in [0.4, 0.5) is 0 Å². The first-order valence-electron chi connectivity index (χ1n) is 10.5. The number of benzene rings is 1. The van der Waals surface area contributed by atoms with Crippen molar-refractivity contribution in [2.75, 3.05) is 0 Å². The normalized spacial score (nSPS) is 22.0. The number of rotatable bonds is 5. The van der Waals surface area contributed by atoms with Crippen LogP contribution in [0, 0.1) is 11.8 Å². The van der Waals surface area contributed by atoms with Crippen LogP contribution in [0.3, 0.4) is 0 Å². The summed E-state index contributed by atoms with van der Waals surface area (Å²) in [6.45, 7) is 2.23. The number of carbonyl (C=O) groups is 1. The Kier molecular flexibility index (Phi) is 5.33. The first-order chi connectivity index (χ1) is 13.2. The summed E-state index contributed by atoms with van der Waals surface area (Å²) in [4.78, 5) is 24.7. The fourth-order valence-electron chi connectivity index (χ4n) is 4.71. The minimum absolute atomic E-state index is 0.00870. The number of ether oxygens (including phenoxy) is 1. The maximum absolute atomic E-state index is 12.6. The van der Waals surface area contributed by atoms with Crippen LogP contribution in [-0.4, -0.2) is 5.97 Å². The van der Waals surface area contributed by atoms with E-state index >= 15 is 0 Å². The first-order valence-corrected chi connectivity index (χ1v) is 10.5. The molecule has 2 aromatic rings. The molecule has 1 aromatic heterocycles. The highest BCUT2D eigenvalue weighted by atomic mass is 16.5. The molecule has 4 heteroatoms. The van der Waals surface area contributed by atoms with Gasteiger partial charge in [0, 0.05) is 17.0 Å². The number of fused-ring (bicyclic) bond motifs is 3. The fraction of sp³-hybridized carbons (Fsp3) is 0.565. The highest BCUT2D eigenvalue weighted by Gasteiger charge is 2.28. The van der Waals surface area contributed by atoms with Crippen molar-refractivity contribution in [3.63, 3.8) is 0 Å². The highest BCUT2D eigenvalue weighted by Crippen LogP contribution is 2.34. The zero-order chi connectivity index (χ0) is 18.8. The molecule has 0 amide bonds. The monoisotopic (exact) mass is 368 g/mol. The van der Waals surface area contributed by atoms with E-state index in [4.69, 9.17) is 9.15 Å². The Hall–Kier alpha value is -2.10. The van der Waals surface area contributed by atoms with Crippen molar-refractivity contribution >= 4 is 16.9 Å². The number of hydrogen-bond donors (Lipinski definition) is 0. The van der Waals surface area contributed by atoms with Crippen LogP contribution in [0.1, 0.15) is 69.4 Å². The molecule has 4 nitrogen and oxygen atoms in total.